The predicted octanol–water partition coefficient (Wildman–Crippen LogP) is 3.90. The van der Waals surface area contributed by atoms with Crippen molar-refractivity contribution in [2.75, 3.05) is 14.2 Å². The smallest absolute Gasteiger partial charge is 0.289 e. The van der Waals surface area contributed by atoms with Crippen LogP contribution in [0.25, 0.3) is 11.3 Å². The molecule has 0 radical (unpaired) electrons. The first kappa shape index (κ1) is 19.4. The molecule has 0 aliphatic rings. The molecular formula is C20H19ClN4O3. The van der Waals surface area contributed by atoms with Crippen LogP contribution in [0.5, 0.6) is 11.5 Å². The van der Waals surface area contributed by atoms with Crippen molar-refractivity contribution in [2.45, 2.75) is 6.92 Å². The lowest BCUT2D eigenvalue weighted by Gasteiger charge is -2.08. The molecule has 3 rings (SSSR count). The van der Waals surface area contributed by atoms with Gasteiger partial charge in [0.05, 0.1) is 25.6 Å². The highest BCUT2D eigenvalue weighted by Crippen LogP contribution is 2.32. The van der Waals surface area contributed by atoms with Crippen LogP contribution in [0.2, 0.25) is 5.02 Å². The molecule has 2 N–H and O–H groups in total. The molecule has 0 fully saturated rings. The van der Waals surface area contributed by atoms with Gasteiger partial charge in [0, 0.05) is 16.1 Å². The monoisotopic (exact) mass is 398 g/mol. The number of aromatic amines is 1. The van der Waals surface area contributed by atoms with E-state index in [1.165, 1.54) is 0 Å². The molecule has 0 atom stereocenters. The molecule has 8 heteroatoms. The topological polar surface area (TPSA) is 88.6 Å². The molecule has 1 aromatic heterocycles. The third-order valence-electron chi connectivity index (χ3n) is 4.09. The van der Waals surface area contributed by atoms with Gasteiger partial charge in [0.15, 0.2) is 0 Å². The van der Waals surface area contributed by atoms with Crippen LogP contribution in [0, 0.1) is 0 Å². The minimum atomic E-state index is -0.424. The molecule has 0 aliphatic heterocycles. The number of carbonyl (C=O) groups excluding carboxylic acids is 1. The summed E-state index contributed by atoms with van der Waals surface area (Å²) in [4.78, 5) is 12.4. The largest absolute Gasteiger partial charge is 0.497 e. The highest BCUT2D eigenvalue weighted by molar-refractivity contribution is 6.34. The molecule has 1 heterocycles. The molecule has 0 aliphatic carbocycles. The van der Waals surface area contributed by atoms with Gasteiger partial charge in [-0.15, -0.1) is 0 Å². The first-order chi connectivity index (χ1) is 13.5. The summed E-state index contributed by atoms with van der Waals surface area (Å²) in [5.41, 5.74) is 5.35. The van der Waals surface area contributed by atoms with E-state index in [1.807, 2.05) is 18.2 Å². The lowest BCUT2D eigenvalue weighted by atomic mass is 10.1. The van der Waals surface area contributed by atoms with E-state index in [0.717, 1.165) is 5.56 Å². The van der Waals surface area contributed by atoms with Crippen molar-refractivity contribution in [2.24, 2.45) is 5.10 Å². The summed E-state index contributed by atoms with van der Waals surface area (Å²) in [5.74, 6) is 0.851. The SMILES string of the molecule is COc1ccc(OC)c(-c2cc(C(=O)NN=C(C)c3ccccc3Cl)[nH]n2)c1. The van der Waals surface area contributed by atoms with E-state index in [-0.39, 0.29) is 5.69 Å². The number of ether oxygens (including phenoxy) is 2. The Morgan fingerprint density at radius 3 is 2.64 bits per heavy atom. The second-order valence-corrected chi connectivity index (χ2v) is 6.26. The Bertz CT molecular complexity index is 1030. The van der Waals surface area contributed by atoms with Gasteiger partial charge in [-0.25, -0.2) is 5.43 Å². The maximum atomic E-state index is 12.4. The fraction of sp³-hybridized carbons (Fsp3) is 0.150. The molecule has 0 saturated heterocycles. The fourth-order valence-corrected chi connectivity index (χ4v) is 2.87. The van der Waals surface area contributed by atoms with Crippen molar-refractivity contribution in [3.8, 4) is 22.8 Å². The van der Waals surface area contributed by atoms with Gasteiger partial charge < -0.3 is 9.47 Å². The number of rotatable bonds is 6. The normalized spacial score (nSPS) is 11.2. The van der Waals surface area contributed by atoms with Crippen molar-refractivity contribution >= 4 is 23.2 Å². The van der Waals surface area contributed by atoms with E-state index < -0.39 is 5.91 Å². The summed E-state index contributed by atoms with van der Waals surface area (Å²) in [5, 5.41) is 11.6. The van der Waals surface area contributed by atoms with E-state index in [1.54, 1.807) is 51.5 Å². The standard InChI is InChI=1S/C20H19ClN4O3/c1-12(14-6-4-5-7-16(14)21)22-25-20(26)18-11-17(23-24-18)15-10-13(27-2)8-9-19(15)28-3/h4-11H,1-3H3,(H,23,24)(H,25,26). The number of halogens is 1. The number of benzene rings is 2. The Balaban J connectivity index is 1.80. The zero-order valence-electron chi connectivity index (χ0n) is 15.6. The lowest BCUT2D eigenvalue weighted by Crippen LogP contribution is -2.19. The van der Waals surface area contributed by atoms with E-state index in [4.69, 9.17) is 21.1 Å². The number of amides is 1. The van der Waals surface area contributed by atoms with E-state index in [2.05, 4.69) is 20.7 Å². The van der Waals surface area contributed by atoms with Gasteiger partial charge >= 0.3 is 0 Å². The van der Waals surface area contributed by atoms with Crippen LogP contribution < -0.4 is 14.9 Å². The van der Waals surface area contributed by atoms with Crippen molar-refractivity contribution in [3.63, 3.8) is 0 Å². The molecule has 0 bridgehead atoms. The predicted molar refractivity (Wildman–Crippen MR) is 108 cm³/mol. The molecule has 28 heavy (non-hydrogen) atoms. The molecule has 7 nitrogen and oxygen atoms in total. The van der Waals surface area contributed by atoms with Crippen molar-refractivity contribution in [1.82, 2.24) is 15.6 Å². The van der Waals surface area contributed by atoms with Gasteiger partial charge in [-0.2, -0.15) is 10.2 Å². The summed E-state index contributed by atoms with van der Waals surface area (Å²) in [7, 11) is 3.14. The van der Waals surface area contributed by atoms with Crippen molar-refractivity contribution in [3.05, 3.63) is 64.8 Å². The van der Waals surface area contributed by atoms with Crippen LogP contribution in [0.4, 0.5) is 0 Å². The number of hydrogen-bond donors (Lipinski definition) is 2. The van der Waals surface area contributed by atoms with E-state index in [9.17, 15) is 4.79 Å². The Hall–Kier alpha value is -3.32. The lowest BCUT2D eigenvalue weighted by molar-refractivity contribution is 0.0950. The minimum absolute atomic E-state index is 0.260. The third-order valence-corrected chi connectivity index (χ3v) is 4.42. The van der Waals surface area contributed by atoms with Gasteiger partial charge in [-0.3, -0.25) is 9.89 Å². The van der Waals surface area contributed by atoms with Crippen molar-refractivity contribution in [1.29, 1.82) is 0 Å². The second-order valence-electron chi connectivity index (χ2n) is 5.85. The maximum Gasteiger partial charge on any atom is 0.289 e. The van der Waals surface area contributed by atoms with Crippen LogP contribution in [-0.4, -0.2) is 36.0 Å². The second kappa shape index (κ2) is 8.58. The van der Waals surface area contributed by atoms with Crippen LogP contribution in [0.1, 0.15) is 23.0 Å². The molecular weight excluding hydrogens is 380 g/mol. The van der Waals surface area contributed by atoms with Gasteiger partial charge in [0.1, 0.15) is 17.2 Å². The van der Waals surface area contributed by atoms with Gasteiger partial charge in [0.2, 0.25) is 0 Å². The Morgan fingerprint density at radius 1 is 1.14 bits per heavy atom. The average Bonchev–Trinajstić information content (AvgIpc) is 3.21. The number of hydrogen-bond acceptors (Lipinski definition) is 5. The van der Waals surface area contributed by atoms with Crippen molar-refractivity contribution < 1.29 is 14.3 Å². The number of H-pyrrole nitrogens is 1. The van der Waals surface area contributed by atoms with Gasteiger partial charge in [0.25, 0.3) is 5.91 Å². The van der Waals surface area contributed by atoms with E-state index >= 15 is 0 Å². The maximum absolute atomic E-state index is 12.4. The molecule has 1 amide bonds. The fourth-order valence-electron chi connectivity index (χ4n) is 2.60. The number of aromatic nitrogens is 2. The summed E-state index contributed by atoms with van der Waals surface area (Å²) in [6.07, 6.45) is 0. The summed E-state index contributed by atoms with van der Waals surface area (Å²) in [6, 6.07) is 14.2. The third kappa shape index (κ3) is 4.15. The Labute approximate surface area is 167 Å². The summed E-state index contributed by atoms with van der Waals surface area (Å²) >= 11 is 6.14. The highest BCUT2D eigenvalue weighted by atomic mass is 35.5. The first-order valence-corrected chi connectivity index (χ1v) is 8.78. The molecule has 2 aromatic carbocycles. The highest BCUT2D eigenvalue weighted by Gasteiger charge is 2.15. The zero-order chi connectivity index (χ0) is 20.1. The van der Waals surface area contributed by atoms with Gasteiger partial charge in [-0.1, -0.05) is 29.8 Å². The molecule has 144 valence electrons. The van der Waals surface area contributed by atoms with Crippen LogP contribution in [-0.2, 0) is 0 Å². The van der Waals surface area contributed by atoms with E-state index in [0.29, 0.717) is 33.5 Å². The van der Waals surface area contributed by atoms with Crippen LogP contribution >= 0.6 is 11.6 Å². The number of methoxy groups -OCH3 is 2. The summed E-state index contributed by atoms with van der Waals surface area (Å²) in [6.45, 7) is 1.76. The minimum Gasteiger partial charge on any atom is -0.497 e. The molecule has 0 unspecified atom stereocenters. The van der Waals surface area contributed by atoms with Crippen LogP contribution in [0.15, 0.2) is 53.6 Å². The average molecular weight is 399 g/mol. The number of nitrogens with zero attached hydrogens (tertiary/aromatic N) is 2. The van der Waals surface area contributed by atoms with Gasteiger partial charge in [-0.05, 0) is 37.3 Å². The molecule has 3 aromatic rings. The number of carbonyl (C=O) groups is 1. The quantitative estimate of drug-likeness (QED) is 0.486. The first-order valence-electron chi connectivity index (χ1n) is 8.41. The zero-order valence-corrected chi connectivity index (χ0v) is 16.4. The Morgan fingerprint density at radius 2 is 1.93 bits per heavy atom. The molecule has 0 spiro atoms. The molecule has 0 saturated carbocycles. The summed E-state index contributed by atoms with van der Waals surface area (Å²) < 4.78 is 10.6. The Kier molecular flexibility index (Phi) is 5.96. The number of nitrogens with one attached hydrogen (secondary N) is 2. The number of hydrazone groups is 1. The van der Waals surface area contributed by atoms with Crippen LogP contribution in [0.3, 0.4) is 0 Å².